The number of nitriles is 1. The highest BCUT2D eigenvalue weighted by Crippen LogP contribution is 2.32. The standard InChI is InChI=1S/C11H11BrN2/c12-9-4-7-2-1-3-10(14)11(7)8(5-9)6-13/h4-5,10H,1-3,14H2/t10-/m1/s1. The second kappa shape index (κ2) is 3.72. The molecule has 0 bridgehead atoms. The van der Waals surface area contributed by atoms with Gasteiger partial charge in [-0.05, 0) is 42.5 Å². The minimum atomic E-state index is 0.0431. The van der Waals surface area contributed by atoms with Crippen LogP contribution in [0.1, 0.15) is 35.6 Å². The Labute approximate surface area is 91.9 Å². The van der Waals surface area contributed by atoms with Crippen molar-refractivity contribution in [1.29, 1.82) is 5.26 Å². The predicted octanol–water partition coefficient (Wildman–Crippen LogP) is 2.66. The van der Waals surface area contributed by atoms with Gasteiger partial charge in [-0.25, -0.2) is 0 Å². The summed E-state index contributed by atoms with van der Waals surface area (Å²) >= 11 is 3.41. The molecule has 1 aromatic carbocycles. The number of hydrogen-bond acceptors (Lipinski definition) is 2. The van der Waals surface area contributed by atoms with Gasteiger partial charge in [0.2, 0.25) is 0 Å². The van der Waals surface area contributed by atoms with Crippen molar-refractivity contribution in [3.63, 3.8) is 0 Å². The molecule has 2 nitrogen and oxygen atoms in total. The highest BCUT2D eigenvalue weighted by atomic mass is 79.9. The zero-order chi connectivity index (χ0) is 10.1. The van der Waals surface area contributed by atoms with E-state index in [1.54, 1.807) is 0 Å². The third-order valence-electron chi connectivity index (χ3n) is 2.68. The summed E-state index contributed by atoms with van der Waals surface area (Å²) < 4.78 is 0.974. The van der Waals surface area contributed by atoms with Gasteiger partial charge in [-0.2, -0.15) is 5.26 Å². The lowest BCUT2D eigenvalue weighted by molar-refractivity contribution is 0.569. The van der Waals surface area contributed by atoms with Crippen LogP contribution in [0.3, 0.4) is 0 Å². The van der Waals surface area contributed by atoms with Crippen molar-refractivity contribution in [2.75, 3.05) is 0 Å². The first-order valence-electron chi connectivity index (χ1n) is 4.70. The molecule has 0 fully saturated rings. The van der Waals surface area contributed by atoms with Crippen LogP contribution < -0.4 is 5.73 Å². The lowest BCUT2D eigenvalue weighted by Gasteiger charge is -2.23. The van der Waals surface area contributed by atoms with Crippen molar-refractivity contribution >= 4 is 15.9 Å². The zero-order valence-corrected chi connectivity index (χ0v) is 9.34. The average molecular weight is 251 g/mol. The summed E-state index contributed by atoms with van der Waals surface area (Å²) in [5.74, 6) is 0. The largest absolute Gasteiger partial charge is 0.324 e. The number of benzene rings is 1. The Morgan fingerprint density at radius 3 is 3.00 bits per heavy atom. The molecule has 0 heterocycles. The van der Waals surface area contributed by atoms with Gasteiger partial charge in [-0.15, -0.1) is 0 Å². The molecule has 2 N–H and O–H groups in total. The molecule has 3 heteroatoms. The Balaban J connectivity index is 2.63. The molecule has 0 aliphatic heterocycles. The molecule has 72 valence electrons. The van der Waals surface area contributed by atoms with E-state index in [2.05, 4.69) is 28.1 Å². The fourth-order valence-electron chi connectivity index (χ4n) is 2.07. The summed E-state index contributed by atoms with van der Waals surface area (Å²) in [5, 5.41) is 9.01. The van der Waals surface area contributed by atoms with E-state index < -0.39 is 0 Å². The molecule has 0 saturated heterocycles. The van der Waals surface area contributed by atoms with E-state index in [1.807, 2.05) is 6.07 Å². The zero-order valence-electron chi connectivity index (χ0n) is 7.76. The lowest BCUT2D eigenvalue weighted by Crippen LogP contribution is -2.18. The average Bonchev–Trinajstić information content (AvgIpc) is 2.16. The normalized spacial score (nSPS) is 19.9. The Hall–Kier alpha value is -0.850. The predicted molar refractivity (Wildman–Crippen MR) is 58.7 cm³/mol. The quantitative estimate of drug-likeness (QED) is 0.770. The topological polar surface area (TPSA) is 49.8 Å². The first kappa shape index (κ1) is 9.70. The van der Waals surface area contributed by atoms with Crippen LogP contribution in [0.2, 0.25) is 0 Å². The maximum atomic E-state index is 9.01. The summed E-state index contributed by atoms with van der Waals surface area (Å²) in [6.45, 7) is 0. The molecule has 1 aliphatic rings. The van der Waals surface area contributed by atoms with Crippen LogP contribution in [0.15, 0.2) is 16.6 Å². The number of aryl methyl sites for hydroxylation is 1. The lowest BCUT2D eigenvalue weighted by atomic mass is 9.85. The molecule has 0 aromatic heterocycles. The number of hydrogen-bond donors (Lipinski definition) is 1. The Bertz CT molecular complexity index is 406. The molecule has 0 unspecified atom stereocenters. The van der Waals surface area contributed by atoms with E-state index >= 15 is 0 Å². The minimum Gasteiger partial charge on any atom is -0.324 e. The number of halogens is 1. The SMILES string of the molecule is N#Cc1cc(Br)cc2c1[C@H](N)CCC2. The summed E-state index contributed by atoms with van der Waals surface area (Å²) in [6.07, 6.45) is 3.15. The van der Waals surface area contributed by atoms with E-state index in [0.717, 1.165) is 34.9 Å². The van der Waals surface area contributed by atoms with Crippen LogP contribution in [0.25, 0.3) is 0 Å². The molecule has 0 radical (unpaired) electrons. The van der Waals surface area contributed by atoms with Crippen LogP contribution in [0.5, 0.6) is 0 Å². The molecule has 1 aromatic rings. The molecular weight excluding hydrogens is 240 g/mol. The molecule has 0 spiro atoms. The van der Waals surface area contributed by atoms with Gasteiger partial charge >= 0.3 is 0 Å². The fourth-order valence-corrected chi connectivity index (χ4v) is 2.57. The Morgan fingerprint density at radius 2 is 2.29 bits per heavy atom. The van der Waals surface area contributed by atoms with Crippen molar-refractivity contribution in [2.45, 2.75) is 25.3 Å². The summed E-state index contributed by atoms with van der Waals surface area (Å²) in [5.41, 5.74) is 9.02. The Morgan fingerprint density at radius 1 is 1.50 bits per heavy atom. The van der Waals surface area contributed by atoms with Crippen molar-refractivity contribution in [3.05, 3.63) is 33.3 Å². The number of nitrogens with zero attached hydrogens (tertiary/aromatic N) is 1. The number of rotatable bonds is 0. The van der Waals surface area contributed by atoms with Crippen LogP contribution in [-0.4, -0.2) is 0 Å². The van der Waals surface area contributed by atoms with Crippen molar-refractivity contribution in [3.8, 4) is 6.07 Å². The van der Waals surface area contributed by atoms with Gasteiger partial charge in [0.05, 0.1) is 11.6 Å². The maximum Gasteiger partial charge on any atom is 0.0995 e. The molecule has 2 rings (SSSR count). The molecule has 0 amide bonds. The van der Waals surface area contributed by atoms with Crippen LogP contribution in [0, 0.1) is 11.3 Å². The fraction of sp³-hybridized carbons (Fsp3) is 0.364. The van der Waals surface area contributed by atoms with E-state index in [0.29, 0.717) is 0 Å². The van der Waals surface area contributed by atoms with Gasteiger partial charge in [0.1, 0.15) is 0 Å². The third kappa shape index (κ3) is 1.56. The number of nitrogens with two attached hydrogens (primary N) is 1. The highest BCUT2D eigenvalue weighted by Gasteiger charge is 2.20. The van der Waals surface area contributed by atoms with Gasteiger partial charge < -0.3 is 5.73 Å². The van der Waals surface area contributed by atoms with Crippen LogP contribution in [0.4, 0.5) is 0 Å². The summed E-state index contributed by atoms with van der Waals surface area (Å²) in [6, 6.07) is 6.19. The van der Waals surface area contributed by atoms with Crippen molar-refractivity contribution in [1.82, 2.24) is 0 Å². The highest BCUT2D eigenvalue weighted by molar-refractivity contribution is 9.10. The van der Waals surface area contributed by atoms with E-state index in [4.69, 9.17) is 11.0 Å². The van der Waals surface area contributed by atoms with Crippen LogP contribution >= 0.6 is 15.9 Å². The Kier molecular flexibility index (Phi) is 2.58. The number of fused-ring (bicyclic) bond motifs is 1. The first-order valence-corrected chi connectivity index (χ1v) is 5.49. The van der Waals surface area contributed by atoms with E-state index in [1.165, 1.54) is 5.56 Å². The second-order valence-electron chi connectivity index (χ2n) is 3.64. The monoisotopic (exact) mass is 250 g/mol. The molecule has 1 atom stereocenters. The smallest absolute Gasteiger partial charge is 0.0995 e. The minimum absolute atomic E-state index is 0.0431. The van der Waals surface area contributed by atoms with Crippen LogP contribution in [-0.2, 0) is 6.42 Å². The van der Waals surface area contributed by atoms with Gasteiger partial charge in [0, 0.05) is 10.5 Å². The molecule has 14 heavy (non-hydrogen) atoms. The van der Waals surface area contributed by atoms with E-state index in [9.17, 15) is 0 Å². The van der Waals surface area contributed by atoms with Crippen molar-refractivity contribution in [2.24, 2.45) is 5.73 Å². The van der Waals surface area contributed by atoms with Crippen molar-refractivity contribution < 1.29 is 0 Å². The summed E-state index contributed by atoms with van der Waals surface area (Å²) in [4.78, 5) is 0. The van der Waals surface area contributed by atoms with Gasteiger partial charge in [0.25, 0.3) is 0 Å². The van der Waals surface area contributed by atoms with E-state index in [-0.39, 0.29) is 6.04 Å². The van der Waals surface area contributed by atoms with Gasteiger partial charge in [-0.3, -0.25) is 0 Å². The van der Waals surface area contributed by atoms with Gasteiger partial charge in [-0.1, -0.05) is 15.9 Å². The molecule has 1 aliphatic carbocycles. The second-order valence-corrected chi connectivity index (χ2v) is 4.55. The third-order valence-corrected chi connectivity index (χ3v) is 3.14. The first-order chi connectivity index (χ1) is 6.72. The molecule has 0 saturated carbocycles. The van der Waals surface area contributed by atoms with Gasteiger partial charge in [0.15, 0.2) is 0 Å². The maximum absolute atomic E-state index is 9.01. The molecular formula is C11H11BrN2. The summed E-state index contributed by atoms with van der Waals surface area (Å²) in [7, 11) is 0.